The third kappa shape index (κ3) is 3.91. The third-order valence-corrected chi connectivity index (χ3v) is 7.89. The van der Waals surface area contributed by atoms with E-state index in [-0.39, 0.29) is 10.8 Å². The number of nitrogens with one attached hydrogen (secondary N) is 1. The Kier molecular flexibility index (Phi) is 5.74. The first-order valence-electron chi connectivity index (χ1n) is 9.33. The van der Waals surface area contributed by atoms with Crippen LogP contribution >= 0.6 is 11.3 Å². The summed E-state index contributed by atoms with van der Waals surface area (Å²) >= 11 is 1.37. The fourth-order valence-corrected chi connectivity index (χ4v) is 5.57. The smallest absolute Gasteiger partial charge is 0.257 e. The van der Waals surface area contributed by atoms with Crippen LogP contribution in [0.4, 0.5) is 5.13 Å². The fraction of sp³-hybridized carbons (Fsp3) is 0.300. The van der Waals surface area contributed by atoms with Gasteiger partial charge in [0.15, 0.2) is 5.13 Å². The van der Waals surface area contributed by atoms with Crippen molar-refractivity contribution in [3.8, 4) is 5.75 Å². The summed E-state index contributed by atoms with van der Waals surface area (Å²) in [5.74, 6) is 0.283. The molecule has 0 radical (unpaired) electrons. The number of thiazole rings is 1. The van der Waals surface area contributed by atoms with E-state index in [9.17, 15) is 13.2 Å². The average Bonchev–Trinajstić information content (AvgIpc) is 3.19. The molecule has 30 heavy (non-hydrogen) atoms. The van der Waals surface area contributed by atoms with Gasteiger partial charge in [0, 0.05) is 18.7 Å². The second-order valence-electron chi connectivity index (χ2n) is 6.78. The normalized spacial score (nSPS) is 15.3. The van der Waals surface area contributed by atoms with Crippen LogP contribution in [0.2, 0.25) is 0 Å². The van der Waals surface area contributed by atoms with E-state index in [0.717, 1.165) is 10.3 Å². The van der Waals surface area contributed by atoms with E-state index in [4.69, 9.17) is 9.47 Å². The minimum absolute atomic E-state index is 0.154. The van der Waals surface area contributed by atoms with Crippen LogP contribution in [-0.4, -0.2) is 57.0 Å². The second-order valence-corrected chi connectivity index (χ2v) is 9.71. The van der Waals surface area contributed by atoms with Crippen molar-refractivity contribution in [3.63, 3.8) is 0 Å². The Morgan fingerprint density at radius 3 is 2.53 bits per heavy atom. The lowest BCUT2D eigenvalue weighted by atomic mass is 10.2. The first kappa shape index (κ1) is 20.7. The summed E-state index contributed by atoms with van der Waals surface area (Å²) in [4.78, 5) is 17.3. The molecule has 1 saturated heterocycles. The highest BCUT2D eigenvalue weighted by Gasteiger charge is 2.26. The SMILES string of the molecule is COc1ccc(C)c2sc(NC(=O)c3ccc(S(=O)(=O)N4CCOCC4)cc3)nc12. The Morgan fingerprint density at radius 1 is 1.17 bits per heavy atom. The number of aromatic nitrogens is 1. The molecule has 2 aromatic carbocycles. The van der Waals surface area contributed by atoms with Crippen LogP contribution in [0.15, 0.2) is 41.3 Å². The van der Waals surface area contributed by atoms with E-state index in [1.54, 1.807) is 7.11 Å². The van der Waals surface area contributed by atoms with Gasteiger partial charge in [0.05, 0.1) is 29.9 Å². The number of rotatable bonds is 5. The topological polar surface area (TPSA) is 97.8 Å². The van der Waals surface area contributed by atoms with E-state index in [1.807, 2.05) is 19.1 Å². The molecule has 158 valence electrons. The predicted molar refractivity (Wildman–Crippen MR) is 115 cm³/mol. The molecule has 3 aromatic rings. The highest BCUT2D eigenvalue weighted by Crippen LogP contribution is 2.34. The van der Waals surface area contributed by atoms with Crippen molar-refractivity contribution in [2.24, 2.45) is 0 Å². The van der Waals surface area contributed by atoms with E-state index < -0.39 is 10.0 Å². The van der Waals surface area contributed by atoms with Gasteiger partial charge in [-0.25, -0.2) is 13.4 Å². The van der Waals surface area contributed by atoms with Crippen molar-refractivity contribution < 1.29 is 22.7 Å². The molecule has 0 atom stereocenters. The molecule has 10 heteroatoms. The number of anilines is 1. The largest absolute Gasteiger partial charge is 0.494 e. The number of nitrogens with zero attached hydrogens (tertiary/aromatic N) is 2. The molecule has 0 spiro atoms. The molecule has 1 amide bonds. The van der Waals surface area contributed by atoms with Crippen molar-refractivity contribution in [2.75, 3.05) is 38.7 Å². The lowest BCUT2D eigenvalue weighted by Crippen LogP contribution is -2.40. The van der Waals surface area contributed by atoms with Gasteiger partial charge in [-0.1, -0.05) is 17.4 Å². The van der Waals surface area contributed by atoms with Gasteiger partial charge in [-0.15, -0.1) is 0 Å². The predicted octanol–water partition coefficient (Wildman–Crippen LogP) is 2.89. The van der Waals surface area contributed by atoms with Crippen LogP contribution < -0.4 is 10.1 Å². The van der Waals surface area contributed by atoms with Crippen molar-refractivity contribution in [3.05, 3.63) is 47.5 Å². The maximum atomic E-state index is 12.7. The van der Waals surface area contributed by atoms with Crippen molar-refractivity contribution in [1.29, 1.82) is 0 Å². The maximum Gasteiger partial charge on any atom is 0.257 e. The standard InChI is InChI=1S/C20H21N3O5S2/c1-13-3-8-16(27-2)17-18(13)29-20(21-17)22-19(24)14-4-6-15(7-5-14)30(25,26)23-9-11-28-12-10-23/h3-8H,9-12H2,1-2H3,(H,21,22,24). The van der Waals surface area contributed by atoms with E-state index in [2.05, 4.69) is 10.3 Å². The molecule has 8 nitrogen and oxygen atoms in total. The Hall–Kier alpha value is -2.53. The molecular formula is C20H21N3O5S2. The lowest BCUT2D eigenvalue weighted by molar-refractivity contribution is 0.0730. The molecule has 1 N–H and O–H groups in total. The van der Waals surface area contributed by atoms with E-state index in [1.165, 1.54) is 39.9 Å². The van der Waals surface area contributed by atoms with Crippen LogP contribution in [0.5, 0.6) is 5.75 Å². The minimum atomic E-state index is -3.60. The second kappa shape index (κ2) is 8.31. The number of carbonyl (C=O) groups excluding carboxylic acids is 1. The van der Waals surface area contributed by atoms with Crippen LogP contribution in [0, 0.1) is 6.92 Å². The van der Waals surface area contributed by atoms with Gasteiger partial charge in [0.1, 0.15) is 11.3 Å². The zero-order chi connectivity index (χ0) is 21.3. The number of morpholine rings is 1. The van der Waals surface area contributed by atoms with E-state index in [0.29, 0.717) is 48.3 Å². The maximum absolute atomic E-state index is 12.7. The van der Waals surface area contributed by atoms with E-state index >= 15 is 0 Å². The lowest BCUT2D eigenvalue weighted by Gasteiger charge is -2.26. The zero-order valence-corrected chi connectivity index (χ0v) is 18.2. The van der Waals surface area contributed by atoms with Gasteiger partial charge in [-0.2, -0.15) is 4.31 Å². The molecule has 0 bridgehead atoms. The summed E-state index contributed by atoms with van der Waals surface area (Å²) in [7, 11) is -2.02. The Morgan fingerprint density at radius 2 is 1.87 bits per heavy atom. The number of aryl methyl sites for hydroxylation is 1. The first-order valence-corrected chi connectivity index (χ1v) is 11.6. The number of amides is 1. The molecule has 1 aliphatic rings. The molecule has 4 rings (SSSR count). The molecule has 2 heterocycles. The van der Waals surface area contributed by atoms with Gasteiger partial charge >= 0.3 is 0 Å². The van der Waals surface area contributed by atoms with Gasteiger partial charge in [0.25, 0.3) is 5.91 Å². The third-order valence-electron chi connectivity index (χ3n) is 4.87. The summed E-state index contributed by atoms with van der Waals surface area (Å²) in [6.07, 6.45) is 0. The number of hydrogen-bond acceptors (Lipinski definition) is 7. The number of fused-ring (bicyclic) bond motifs is 1. The highest BCUT2D eigenvalue weighted by atomic mass is 32.2. The number of ether oxygens (including phenoxy) is 2. The zero-order valence-electron chi connectivity index (χ0n) is 16.5. The van der Waals surface area contributed by atoms with Crippen molar-refractivity contribution in [1.82, 2.24) is 9.29 Å². The van der Waals surface area contributed by atoms with Crippen LogP contribution in [0.25, 0.3) is 10.2 Å². The van der Waals surface area contributed by atoms with Crippen LogP contribution in [-0.2, 0) is 14.8 Å². The number of carbonyl (C=O) groups is 1. The molecule has 1 aromatic heterocycles. The fourth-order valence-electron chi connectivity index (χ4n) is 3.21. The molecular weight excluding hydrogens is 426 g/mol. The average molecular weight is 448 g/mol. The summed E-state index contributed by atoms with van der Waals surface area (Å²) in [5.41, 5.74) is 2.09. The monoisotopic (exact) mass is 447 g/mol. The van der Waals surface area contributed by atoms with Crippen molar-refractivity contribution >= 4 is 42.6 Å². The van der Waals surface area contributed by atoms with Gasteiger partial charge in [-0.05, 0) is 42.8 Å². The van der Waals surface area contributed by atoms with Crippen molar-refractivity contribution in [2.45, 2.75) is 11.8 Å². The number of methoxy groups -OCH3 is 1. The van der Waals surface area contributed by atoms with Gasteiger partial charge < -0.3 is 9.47 Å². The molecule has 0 unspecified atom stereocenters. The quantitative estimate of drug-likeness (QED) is 0.646. The molecule has 0 saturated carbocycles. The van der Waals surface area contributed by atoms with Crippen LogP contribution in [0.1, 0.15) is 15.9 Å². The Labute approximate surface area is 178 Å². The molecule has 1 fully saturated rings. The summed E-state index contributed by atoms with van der Waals surface area (Å²) in [6.45, 7) is 3.38. The molecule has 1 aliphatic heterocycles. The van der Waals surface area contributed by atoms with Gasteiger partial charge in [-0.3, -0.25) is 10.1 Å². The summed E-state index contributed by atoms with van der Waals surface area (Å²) < 4.78 is 38.3. The number of sulfonamides is 1. The molecule has 0 aliphatic carbocycles. The Bertz CT molecular complexity index is 1180. The summed E-state index contributed by atoms with van der Waals surface area (Å²) in [6, 6.07) is 9.69. The summed E-state index contributed by atoms with van der Waals surface area (Å²) in [5, 5.41) is 3.24. The number of hydrogen-bond donors (Lipinski definition) is 1. The minimum Gasteiger partial charge on any atom is -0.494 e. The number of benzene rings is 2. The highest BCUT2D eigenvalue weighted by molar-refractivity contribution is 7.89. The Balaban J connectivity index is 1.53. The van der Waals surface area contributed by atoms with Crippen LogP contribution in [0.3, 0.4) is 0 Å². The first-order chi connectivity index (χ1) is 14.4. The van der Waals surface area contributed by atoms with Gasteiger partial charge in [0.2, 0.25) is 10.0 Å².